The predicted molar refractivity (Wildman–Crippen MR) is 187 cm³/mol. The van der Waals surface area contributed by atoms with Crippen molar-refractivity contribution in [3.8, 4) is 11.6 Å². The highest BCUT2D eigenvalue weighted by molar-refractivity contribution is 6.30. The first kappa shape index (κ1) is 41.2. The maximum atomic E-state index is 13.9. The number of hydrazine groups is 1. The number of carboxylic acids is 2. The van der Waals surface area contributed by atoms with E-state index in [1.165, 1.54) is 36.4 Å². The zero-order valence-electron chi connectivity index (χ0n) is 29.5. The molecule has 2 aliphatic rings. The molecule has 0 spiro atoms. The van der Waals surface area contributed by atoms with E-state index in [1.807, 2.05) is 0 Å². The van der Waals surface area contributed by atoms with E-state index in [2.05, 4.69) is 15.7 Å². The summed E-state index contributed by atoms with van der Waals surface area (Å²) in [6.07, 6.45) is -5.02. The van der Waals surface area contributed by atoms with Gasteiger partial charge >= 0.3 is 18.1 Å². The van der Waals surface area contributed by atoms with E-state index < -0.39 is 90.3 Å². The number of amides is 4. The van der Waals surface area contributed by atoms with Crippen LogP contribution in [0.3, 0.4) is 0 Å². The summed E-state index contributed by atoms with van der Waals surface area (Å²) in [7, 11) is 0. The summed E-state index contributed by atoms with van der Waals surface area (Å²) in [6, 6.07) is 7.89. The molecular formula is C36H36ClF3N6O10. The third-order valence-electron chi connectivity index (χ3n) is 9.03. The molecule has 5 rings (SSSR count). The van der Waals surface area contributed by atoms with Crippen molar-refractivity contribution in [2.75, 3.05) is 13.2 Å². The van der Waals surface area contributed by atoms with Crippen molar-refractivity contribution in [3.05, 3.63) is 76.4 Å². The number of benzene rings is 2. The Balaban J connectivity index is 1.29. The van der Waals surface area contributed by atoms with E-state index >= 15 is 0 Å². The minimum absolute atomic E-state index is 0.00363. The molecule has 1 aromatic heterocycles. The number of hydrogen-bond donors (Lipinski definition) is 4. The molecule has 4 N–H and O–H groups in total. The van der Waals surface area contributed by atoms with Crippen molar-refractivity contribution in [2.45, 2.75) is 75.7 Å². The van der Waals surface area contributed by atoms with Gasteiger partial charge in [-0.05, 0) is 74.1 Å². The molecule has 3 heterocycles. The molecular weight excluding hydrogens is 769 g/mol. The van der Waals surface area contributed by atoms with Crippen LogP contribution in [0.4, 0.5) is 13.2 Å². The molecule has 0 bridgehead atoms. The topological polar surface area (TPSA) is 218 Å². The van der Waals surface area contributed by atoms with Crippen LogP contribution in [0.5, 0.6) is 5.88 Å². The van der Waals surface area contributed by atoms with Gasteiger partial charge in [-0.15, -0.1) is 0 Å². The van der Waals surface area contributed by atoms with E-state index in [4.69, 9.17) is 21.4 Å². The van der Waals surface area contributed by atoms with Gasteiger partial charge in [0, 0.05) is 36.0 Å². The number of nitrogens with one attached hydrogen (secondary N) is 2. The zero-order chi connectivity index (χ0) is 40.7. The average molecular weight is 805 g/mol. The first-order valence-electron chi connectivity index (χ1n) is 17.4. The standard InChI is InChI=1S/C36H36ClF3N6O10/c37-22-10-12-23(13-11-22)45-30(18-28(43-45)36(38,39)40)56-19-27(47)25(17-32(51)52)42-34(54)26-4-2-16-44-29(48)15-14-24(35(55)46(26)44)41-33(53)21-8-6-20(7-9-21)3-1-5-31(49)50/h6-13,18,24-26H,1-5,14-17,19H2,(H,41,53)(H,42,54)(H,49,50)(H,51,52)/t24-,25-,26-/m0/s1. The lowest BCUT2D eigenvalue weighted by atomic mass is 10.0. The molecule has 4 amide bonds. The van der Waals surface area contributed by atoms with Gasteiger partial charge in [0.2, 0.25) is 17.7 Å². The number of aliphatic carboxylic acids is 2. The minimum Gasteiger partial charge on any atom is -0.481 e. The lowest BCUT2D eigenvalue weighted by Crippen LogP contribution is -2.64. The first-order chi connectivity index (χ1) is 26.5. The smallest absolute Gasteiger partial charge is 0.435 e. The van der Waals surface area contributed by atoms with E-state index in [0.717, 1.165) is 20.3 Å². The Morgan fingerprint density at radius 2 is 1.68 bits per heavy atom. The third kappa shape index (κ3) is 10.2. The number of fused-ring (bicyclic) bond motifs is 1. The number of carboxylic acid groups (broad SMARTS) is 2. The Morgan fingerprint density at radius 1 is 0.982 bits per heavy atom. The van der Waals surface area contributed by atoms with E-state index in [0.29, 0.717) is 18.9 Å². The number of nitrogens with zero attached hydrogens (tertiary/aromatic N) is 4. The Bertz CT molecular complexity index is 1990. The molecule has 56 heavy (non-hydrogen) atoms. The highest BCUT2D eigenvalue weighted by Gasteiger charge is 2.45. The second-order valence-corrected chi connectivity index (χ2v) is 13.5. The van der Waals surface area contributed by atoms with Crippen molar-refractivity contribution in [3.63, 3.8) is 0 Å². The summed E-state index contributed by atoms with van der Waals surface area (Å²) in [5.74, 6) is -6.96. The fourth-order valence-electron chi connectivity index (χ4n) is 6.22. The predicted octanol–water partition coefficient (Wildman–Crippen LogP) is 3.19. The van der Waals surface area contributed by atoms with Gasteiger partial charge < -0.3 is 25.6 Å². The van der Waals surface area contributed by atoms with Crippen LogP contribution in [-0.4, -0.2) is 103 Å². The summed E-state index contributed by atoms with van der Waals surface area (Å²) in [5.41, 5.74) is -0.272. The number of hydrogen-bond acceptors (Lipinski definition) is 9. The fraction of sp³-hybridized carbons (Fsp3) is 0.389. The van der Waals surface area contributed by atoms with Crippen LogP contribution in [0.25, 0.3) is 5.69 Å². The summed E-state index contributed by atoms with van der Waals surface area (Å²) < 4.78 is 46.8. The monoisotopic (exact) mass is 804 g/mol. The summed E-state index contributed by atoms with van der Waals surface area (Å²) in [5, 5.41) is 29.1. The number of alkyl halides is 3. The third-order valence-corrected chi connectivity index (χ3v) is 9.28. The van der Waals surface area contributed by atoms with Gasteiger partial charge in [0.05, 0.1) is 12.1 Å². The van der Waals surface area contributed by atoms with Gasteiger partial charge in [-0.3, -0.25) is 38.6 Å². The van der Waals surface area contributed by atoms with Gasteiger partial charge in [-0.2, -0.15) is 18.3 Å². The van der Waals surface area contributed by atoms with E-state index in [9.17, 15) is 51.8 Å². The molecule has 2 aliphatic heterocycles. The van der Waals surface area contributed by atoms with Crippen LogP contribution >= 0.6 is 11.6 Å². The van der Waals surface area contributed by atoms with Crippen LogP contribution in [0.15, 0.2) is 54.6 Å². The largest absolute Gasteiger partial charge is 0.481 e. The number of aromatic nitrogens is 2. The second kappa shape index (κ2) is 17.7. The second-order valence-electron chi connectivity index (χ2n) is 13.0. The number of Topliss-reactive ketones (excluding diaryl/α,β-unsaturated/α-hetero) is 1. The van der Waals surface area contributed by atoms with E-state index in [-0.39, 0.29) is 54.9 Å². The van der Waals surface area contributed by atoms with Crippen LogP contribution in [0, 0.1) is 0 Å². The van der Waals surface area contributed by atoms with Crippen LogP contribution in [-0.2, 0) is 41.4 Å². The van der Waals surface area contributed by atoms with Crippen molar-refractivity contribution in [1.29, 1.82) is 0 Å². The first-order valence-corrected chi connectivity index (χ1v) is 17.8. The van der Waals surface area contributed by atoms with Crippen molar-refractivity contribution >= 4 is 53.0 Å². The van der Waals surface area contributed by atoms with E-state index in [1.54, 1.807) is 12.1 Å². The maximum Gasteiger partial charge on any atom is 0.435 e. The highest BCUT2D eigenvalue weighted by Crippen LogP contribution is 2.32. The molecule has 0 aliphatic carbocycles. The Morgan fingerprint density at radius 3 is 2.32 bits per heavy atom. The van der Waals surface area contributed by atoms with Gasteiger partial charge in [-0.1, -0.05) is 23.7 Å². The number of carbonyl (C=O) groups excluding carboxylic acids is 5. The summed E-state index contributed by atoms with van der Waals surface area (Å²) >= 11 is 5.89. The van der Waals surface area contributed by atoms with Crippen LogP contribution in [0.2, 0.25) is 5.02 Å². The number of rotatable bonds is 15. The minimum atomic E-state index is -4.89. The lowest BCUT2D eigenvalue weighted by molar-refractivity contribution is -0.176. The van der Waals surface area contributed by atoms with Crippen molar-refractivity contribution in [2.24, 2.45) is 0 Å². The molecule has 2 fully saturated rings. The summed E-state index contributed by atoms with van der Waals surface area (Å²) in [6.45, 7) is -0.935. The van der Waals surface area contributed by atoms with Gasteiger partial charge in [-0.25, -0.2) is 9.69 Å². The van der Waals surface area contributed by atoms with Crippen LogP contribution < -0.4 is 15.4 Å². The molecule has 2 saturated heterocycles. The fourth-order valence-corrected chi connectivity index (χ4v) is 6.35. The maximum absolute atomic E-state index is 13.9. The molecule has 20 heteroatoms. The quantitative estimate of drug-likeness (QED) is 0.175. The molecule has 3 atom stereocenters. The van der Waals surface area contributed by atoms with Crippen molar-refractivity contribution in [1.82, 2.24) is 30.4 Å². The van der Waals surface area contributed by atoms with Gasteiger partial charge in [0.25, 0.3) is 11.8 Å². The number of halogens is 4. The van der Waals surface area contributed by atoms with Crippen molar-refractivity contribution < 1.29 is 61.7 Å². The Hall–Kier alpha value is -5.98. The Labute approximate surface area is 321 Å². The number of ether oxygens (including phenoxy) is 1. The molecule has 0 unspecified atom stereocenters. The molecule has 0 saturated carbocycles. The summed E-state index contributed by atoms with van der Waals surface area (Å²) in [4.78, 5) is 90.0. The van der Waals surface area contributed by atoms with Gasteiger partial charge in [0.15, 0.2) is 18.1 Å². The molecule has 3 aromatic rings. The number of ketones is 1. The zero-order valence-corrected chi connectivity index (χ0v) is 30.2. The molecule has 16 nitrogen and oxygen atoms in total. The number of aryl methyl sites for hydroxylation is 1. The molecule has 2 aromatic carbocycles. The molecule has 298 valence electrons. The highest BCUT2D eigenvalue weighted by atomic mass is 35.5. The SMILES string of the molecule is O=C(O)CCCc1ccc(C(=O)N[C@H]2CCC(=O)N3CCC[C@@H](C(=O)N[C@@H](CC(=O)O)C(=O)COc4cc(C(F)(F)F)nn4-c4ccc(Cl)cc4)N3C2=O)cc1. The van der Waals surface area contributed by atoms with Gasteiger partial charge in [0.1, 0.15) is 18.1 Å². The normalized spacial score (nSPS) is 17.7. The average Bonchev–Trinajstić information content (AvgIpc) is 3.55. The number of carbonyl (C=O) groups is 7. The Kier molecular flexibility index (Phi) is 13.0. The van der Waals surface area contributed by atoms with Crippen LogP contribution in [0.1, 0.15) is 66.6 Å². The lowest BCUT2D eigenvalue weighted by Gasteiger charge is -2.43. The molecule has 0 radical (unpaired) electrons.